The zero-order chi connectivity index (χ0) is 22.0. The Morgan fingerprint density at radius 3 is 2.42 bits per heavy atom. The second kappa shape index (κ2) is 8.35. The van der Waals surface area contributed by atoms with E-state index in [2.05, 4.69) is 5.32 Å². The van der Waals surface area contributed by atoms with Crippen molar-refractivity contribution in [3.63, 3.8) is 0 Å². The third kappa shape index (κ3) is 4.83. The number of sulfone groups is 1. The molecule has 0 aromatic heterocycles. The van der Waals surface area contributed by atoms with Crippen molar-refractivity contribution in [3.8, 4) is 0 Å². The van der Waals surface area contributed by atoms with Gasteiger partial charge in [-0.15, -0.1) is 0 Å². The predicted octanol–water partition coefficient (Wildman–Crippen LogP) is 3.69. The van der Waals surface area contributed by atoms with Crippen LogP contribution < -0.4 is 10.2 Å². The first-order valence-electron chi connectivity index (χ1n) is 9.88. The maximum absolute atomic E-state index is 12.9. The summed E-state index contributed by atoms with van der Waals surface area (Å²) >= 11 is 0. The standard InChI is InChI=1S/C24H22N2O4S/c1-31(29,30)16-17-5-4-7-20(15-17)23(27)25-21-11-9-19(10-12-21)24(28)26-14-13-18-6-2-3-8-22(18)26/h2-12,15H,13-14,16H2,1H3,(H,25,27). The molecule has 31 heavy (non-hydrogen) atoms. The predicted molar refractivity (Wildman–Crippen MR) is 121 cm³/mol. The number of carbonyl (C=O) groups excluding carboxylic acids is 2. The topological polar surface area (TPSA) is 83.5 Å². The van der Waals surface area contributed by atoms with Crippen molar-refractivity contribution in [3.05, 3.63) is 95.1 Å². The fraction of sp³-hybridized carbons (Fsp3) is 0.167. The van der Waals surface area contributed by atoms with Crippen molar-refractivity contribution in [1.82, 2.24) is 0 Å². The molecule has 3 aromatic rings. The molecule has 0 aliphatic carbocycles. The average molecular weight is 435 g/mol. The maximum atomic E-state index is 12.9. The van der Waals surface area contributed by atoms with Crippen LogP contribution in [-0.2, 0) is 22.0 Å². The van der Waals surface area contributed by atoms with Crippen molar-refractivity contribution in [2.75, 3.05) is 23.0 Å². The van der Waals surface area contributed by atoms with E-state index in [9.17, 15) is 18.0 Å². The van der Waals surface area contributed by atoms with Crippen LogP contribution in [0.5, 0.6) is 0 Å². The molecule has 2 amide bonds. The van der Waals surface area contributed by atoms with Gasteiger partial charge >= 0.3 is 0 Å². The van der Waals surface area contributed by atoms with E-state index in [1.165, 1.54) is 0 Å². The molecule has 6 nitrogen and oxygen atoms in total. The molecule has 1 N–H and O–H groups in total. The zero-order valence-electron chi connectivity index (χ0n) is 17.0. The van der Waals surface area contributed by atoms with E-state index in [1.807, 2.05) is 24.3 Å². The normalized spacial score (nSPS) is 13.0. The Kier molecular flexibility index (Phi) is 5.61. The van der Waals surface area contributed by atoms with Gasteiger partial charge in [-0.05, 0) is 60.0 Å². The van der Waals surface area contributed by atoms with Gasteiger partial charge in [0.25, 0.3) is 11.8 Å². The first-order valence-corrected chi connectivity index (χ1v) is 11.9. The number of hydrogen-bond donors (Lipinski definition) is 1. The highest BCUT2D eigenvalue weighted by molar-refractivity contribution is 7.89. The first-order chi connectivity index (χ1) is 14.8. The Labute approximate surface area is 181 Å². The summed E-state index contributed by atoms with van der Waals surface area (Å²) in [6.07, 6.45) is 2.00. The Balaban J connectivity index is 1.45. The monoisotopic (exact) mass is 434 g/mol. The molecule has 1 aliphatic rings. The molecule has 0 spiro atoms. The number of amides is 2. The molecule has 0 bridgehead atoms. The van der Waals surface area contributed by atoms with Gasteiger partial charge in [0.05, 0.1) is 5.75 Å². The molecule has 1 aliphatic heterocycles. The van der Waals surface area contributed by atoms with Crippen molar-refractivity contribution in [2.24, 2.45) is 0 Å². The number of fused-ring (bicyclic) bond motifs is 1. The van der Waals surface area contributed by atoms with Crippen LogP contribution in [0.15, 0.2) is 72.8 Å². The molecule has 3 aromatic carbocycles. The van der Waals surface area contributed by atoms with E-state index in [0.717, 1.165) is 23.9 Å². The van der Waals surface area contributed by atoms with Crippen LogP contribution in [0.25, 0.3) is 0 Å². The van der Waals surface area contributed by atoms with Crippen molar-refractivity contribution >= 4 is 33.0 Å². The molecule has 1 heterocycles. The van der Waals surface area contributed by atoms with Crippen LogP contribution in [0.4, 0.5) is 11.4 Å². The van der Waals surface area contributed by atoms with E-state index in [-0.39, 0.29) is 17.6 Å². The van der Waals surface area contributed by atoms with Gasteiger partial charge in [0.1, 0.15) is 0 Å². The Bertz CT molecular complexity index is 1250. The summed E-state index contributed by atoms with van der Waals surface area (Å²) in [6, 6.07) is 21.2. The lowest BCUT2D eigenvalue weighted by molar-refractivity contribution is 0.0988. The molecule has 0 unspecified atom stereocenters. The summed E-state index contributed by atoms with van der Waals surface area (Å²) in [5.74, 6) is -0.538. The van der Waals surface area contributed by atoms with Gasteiger partial charge in [-0.3, -0.25) is 9.59 Å². The number of nitrogens with zero attached hydrogens (tertiary/aromatic N) is 1. The molecule has 4 rings (SSSR count). The van der Waals surface area contributed by atoms with E-state index >= 15 is 0 Å². The van der Waals surface area contributed by atoms with Gasteiger partial charge < -0.3 is 10.2 Å². The van der Waals surface area contributed by atoms with E-state index in [4.69, 9.17) is 0 Å². The van der Waals surface area contributed by atoms with E-state index < -0.39 is 9.84 Å². The number of benzene rings is 3. The first kappa shape index (κ1) is 20.8. The molecule has 158 valence electrons. The highest BCUT2D eigenvalue weighted by Crippen LogP contribution is 2.29. The van der Waals surface area contributed by atoms with Crippen LogP contribution >= 0.6 is 0 Å². The maximum Gasteiger partial charge on any atom is 0.258 e. The molecular formula is C24H22N2O4S. The lowest BCUT2D eigenvalue weighted by Gasteiger charge is -2.17. The number of anilines is 2. The summed E-state index contributed by atoms with van der Waals surface area (Å²) in [5, 5.41) is 2.79. The fourth-order valence-corrected chi connectivity index (χ4v) is 4.49. The van der Waals surface area contributed by atoms with Crippen LogP contribution in [0, 0.1) is 0 Å². The summed E-state index contributed by atoms with van der Waals surface area (Å²) in [5.41, 5.74) is 4.13. The summed E-state index contributed by atoms with van der Waals surface area (Å²) in [6.45, 7) is 0.653. The van der Waals surface area contributed by atoms with Gasteiger partial charge in [-0.25, -0.2) is 8.42 Å². The largest absolute Gasteiger partial charge is 0.322 e. The number of hydrogen-bond acceptors (Lipinski definition) is 4. The molecule has 0 radical (unpaired) electrons. The minimum absolute atomic E-state index is 0.0729. The minimum atomic E-state index is -3.18. The van der Waals surface area contributed by atoms with Crippen LogP contribution in [0.1, 0.15) is 31.8 Å². The zero-order valence-corrected chi connectivity index (χ0v) is 17.9. The minimum Gasteiger partial charge on any atom is -0.322 e. The Morgan fingerprint density at radius 1 is 0.935 bits per heavy atom. The highest BCUT2D eigenvalue weighted by atomic mass is 32.2. The summed E-state index contributed by atoms with van der Waals surface area (Å²) < 4.78 is 23.0. The summed E-state index contributed by atoms with van der Waals surface area (Å²) in [7, 11) is -3.18. The smallest absolute Gasteiger partial charge is 0.258 e. The van der Waals surface area contributed by atoms with Crippen LogP contribution in [-0.4, -0.2) is 33.0 Å². The second-order valence-electron chi connectivity index (χ2n) is 7.64. The second-order valence-corrected chi connectivity index (χ2v) is 9.78. The molecule has 0 fully saturated rings. The highest BCUT2D eigenvalue weighted by Gasteiger charge is 2.25. The third-order valence-corrected chi connectivity index (χ3v) is 6.00. The lowest BCUT2D eigenvalue weighted by atomic mass is 10.1. The van der Waals surface area contributed by atoms with E-state index in [1.54, 1.807) is 53.4 Å². The van der Waals surface area contributed by atoms with E-state index in [0.29, 0.717) is 28.9 Å². The average Bonchev–Trinajstić information content (AvgIpc) is 3.17. The Hall–Kier alpha value is -3.45. The lowest BCUT2D eigenvalue weighted by Crippen LogP contribution is -2.28. The molecule has 7 heteroatoms. The van der Waals surface area contributed by atoms with Gasteiger partial charge in [-0.1, -0.05) is 30.3 Å². The van der Waals surface area contributed by atoms with Gasteiger partial charge in [0, 0.05) is 35.3 Å². The Morgan fingerprint density at radius 2 is 1.68 bits per heavy atom. The van der Waals surface area contributed by atoms with Crippen LogP contribution in [0.2, 0.25) is 0 Å². The molecule has 0 saturated carbocycles. The number of rotatable bonds is 5. The fourth-order valence-electron chi connectivity index (χ4n) is 3.71. The number of para-hydroxylation sites is 1. The molecule has 0 saturated heterocycles. The van der Waals surface area contributed by atoms with Crippen molar-refractivity contribution in [1.29, 1.82) is 0 Å². The SMILES string of the molecule is CS(=O)(=O)Cc1cccc(C(=O)Nc2ccc(C(=O)N3CCc4ccccc43)cc2)c1. The third-order valence-electron chi connectivity index (χ3n) is 5.14. The summed E-state index contributed by atoms with van der Waals surface area (Å²) in [4.78, 5) is 27.2. The quantitative estimate of drug-likeness (QED) is 0.664. The molecule has 0 atom stereocenters. The molecular weight excluding hydrogens is 412 g/mol. The van der Waals surface area contributed by atoms with Crippen LogP contribution in [0.3, 0.4) is 0 Å². The van der Waals surface area contributed by atoms with Gasteiger partial charge in [0.15, 0.2) is 9.84 Å². The number of carbonyl (C=O) groups is 2. The van der Waals surface area contributed by atoms with Crippen molar-refractivity contribution < 1.29 is 18.0 Å². The van der Waals surface area contributed by atoms with Gasteiger partial charge in [0.2, 0.25) is 0 Å². The van der Waals surface area contributed by atoms with Gasteiger partial charge in [-0.2, -0.15) is 0 Å². The number of nitrogens with one attached hydrogen (secondary N) is 1. The van der Waals surface area contributed by atoms with Crippen molar-refractivity contribution in [2.45, 2.75) is 12.2 Å².